The molecule has 0 fully saturated rings. The Bertz CT molecular complexity index is 597. The Hall–Kier alpha value is -1.22. The van der Waals surface area contributed by atoms with Gasteiger partial charge in [-0.05, 0) is 35.7 Å². The third kappa shape index (κ3) is 3.45. The Morgan fingerprint density at radius 3 is 2.50 bits per heavy atom. The molecule has 1 unspecified atom stereocenters. The van der Waals surface area contributed by atoms with Crippen LogP contribution in [0.4, 0.5) is 5.69 Å². The van der Waals surface area contributed by atoms with E-state index < -0.39 is 0 Å². The SMILES string of the molecule is CN(C)c1cccc(C(N)Cc2cccc(Cl)c2Cl)c1. The zero-order valence-corrected chi connectivity index (χ0v) is 13.1. The highest BCUT2D eigenvalue weighted by atomic mass is 35.5. The lowest BCUT2D eigenvalue weighted by molar-refractivity contribution is 0.722. The summed E-state index contributed by atoms with van der Waals surface area (Å²) in [6, 6.07) is 13.7. The first-order valence-electron chi connectivity index (χ1n) is 6.45. The van der Waals surface area contributed by atoms with Crippen molar-refractivity contribution < 1.29 is 0 Å². The molecule has 0 aliphatic heterocycles. The van der Waals surface area contributed by atoms with Crippen LogP contribution in [0, 0.1) is 0 Å². The summed E-state index contributed by atoms with van der Waals surface area (Å²) in [6.45, 7) is 0. The first-order chi connectivity index (χ1) is 9.49. The quantitative estimate of drug-likeness (QED) is 0.912. The number of benzene rings is 2. The summed E-state index contributed by atoms with van der Waals surface area (Å²) in [5.41, 5.74) is 9.49. The van der Waals surface area contributed by atoms with E-state index in [0.717, 1.165) is 16.8 Å². The van der Waals surface area contributed by atoms with Crippen molar-refractivity contribution in [2.75, 3.05) is 19.0 Å². The van der Waals surface area contributed by atoms with E-state index in [0.29, 0.717) is 16.5 Å². The van der Waals surface area contributed by atoms with Crippen molar-refractivity contribution in [2.45, 2.75) is 12.5 Å². The summed E-state index contributed by atoms with van der Waals surface area (Å²) in [6.07, 6.45) is 0.663. The van der Waals surface area contributed by atoms with Gasteiger partial charge in [0.25, 0.3) is 0 Å². The molecule has 0 saturated carbocycles. The first-order valence-corrected chi connectivity index (χ1v) is 7.20. The van der Waals surface area contributed by atoms with Gasteiger partial charge in [-0.2, -0.15) is 0 Å². The molecule has 4 heteroatoms. The highest BCUT2D eigenvalue weighted by molar-refractivity contribution is 6.42. The van der Waals surface area contributed by atoms with E-state index in [1.807, 2.05) is 38.4 Å². The predicted octanol–water partition coefficient (Wildman–Crippen LogP) is 4.30. The second kappa shape index (κ2) is 6.49. The van der Waals surface area contributed by atoms with E-state index in [-0.39, 0.29) is 6.04 Å². The molecule has 0 radical (unpaired) electrons. The Kier molecular flexibility index (Phi) is 4.92. The molecule has 2 nitrogen and oxygen atoms in total. The number of rotatable bonds is 4. The molecule has 0 heterocycles. The molecule has 0 bridgehead atoms. The van der Waals surface area contributed by atoms with Gasteiger partial charge in [0.2, 0.25) is 0 Å². The van der Waals surface area contributed by atoms with Crippen LogP contribution in [0.15, 0.2) is 42.5 Å². The van der Waals surface area contributed by atoms with E-state index in [1.54, 1.807) is 6.07 Å². The van der Waals surface area contributed by atoms with Gasteiger partial charge in [-0.1, -0.05) is 47.5 Å². The minimum absolute atomic E-state index is 0.106. The van der Waals surface area contributed by atoms with Crippen molar-refractivity contribution in [3.63, 3.8) is 0 Å². The minimum Gasteiger partial charge on any atom is -0.378 e. The van der Waals surface area contributed by atoms with Crippen LogP contribution in [0.1, 0.15) is 17.2 Å². The van der Waals surface area contributed by atoms with E-state index in [2.05, 4.69) is 17.0 Å². The van der Waals surface area contributed by atoms with Gasteiger partial charge < -0.3 is 10.6 Å². The van der Waals surface area contributed by atoms with Crippen molar-refractivity contribution in [3.05, 3.63) is 63.6 Å². The minimum atomic E-state index is -0.106. The van der Waals surface area contributed by atoms with E-state index >= 15 is 0 Å². The Balaban J connectivity index is 2.21. The van der Waals surface area contributed by atoms with E-state index in [9.17, 15) is 0 Å². The maximum absolute atomic E-state index is 6.29. The van der Waals surface area contributed by atoms with Gasteiger partial charge >= 0.3 is 0 Å². The molecule has 0 aromatic heterocycles. The van der Waals surface area contributed by atoms with Crippen LogP contribution >= 0.6 is 23.2 Å². The summed E-state index contributed by atoms with van der Waals surface area (Å²) in [5, 5.41) is 1.16. The maximum atomic E-state index is 6.29. The second-order valence-electron chi connectivity index (χ2n) is 5.01. The summed E-state index contributed by atoms with van der Waals surface area (Å²) >= 11 is 12.2. The molecule has 0 saturated heterocycles. The van der Waals surface area contributed by atoms with Crippen LogP contribution in [0.3, 0.4) is 0 Å². The number of nitrogens with zero attached hydrogens (tertiary/aromatic N) is 1. The molecule has 1 atom stereocenters. The predicted molar refractivity (Wildman–Crippen MR) is 87.9 cm³/mol. The lowest BCUT2D eigenvalue weighted by Crippen LogP contribution is -2.15. The van der Waals surface area contributed by atoms with Crippen LogP contribution in [-0.2, 0) is 6.42 Å². The smallest absolute Gasteiger partial charge is 0.0624 e. The molecule has 0 spiro atoms. The summed E-state index contributed by atoms with van der Waals surface area (Å²) in [7, 11) is 4.02. The standard InChI is InChI=1S/C16H18Cl2N2/c1-20(2)13-7-3-5-11(9-13)15(19)10-12-6-4-8-14(17)16(12)18/h3-9,15H,10,19H2,1-2H3. The molecule has 0 aliphatic rings. The lowest BCUT2D eigenvalue weighted by Gasteiger charge is -2.17. The van der Waals surface area contributed by atoms with Crippen molar-refractivity contribution in [3.8, 4) is 0 Å². The lowest BCUT2D eigenvalue weighted by atomic mass is 9.99. The molecule has 2 aromatic rings. The molecule has 20 heavy (non-hydrogen) atoms. The summed E-state index contributed by atoms with van der Waals surface area (Å²) in [4.78, 5) is 2.06. The molecule has 2 rings (SSSR count). The van der Waals surface area contributed by atoms with Crippen LogP contribution in [-0.4, -0.2) is 14.1 Å². The summed E-state index contributed by atoms with van der Waals surface area (Å²) in [5.74, 6) is 0. The topological polar surface area (TPSA) is 29.3 Å². The molecule has 2 N–H and O–H groups in total. The fourth-order valence-electron chi connectivity index (χ4n) is 2.09. The van der Waals surface area contributed by atoms with Gasteiger partial charge in [0.05, 0.1) is 10.0 Å². The van der Waals surface area contributed by atoms with Gasteiger partial charge in [-0.15, -0.1) is 0 Å². The normalized spacial score (nSPS) is 12.2. The van der Waals surface area contributed by atoms with Gasteiger partial charge in [0.15, 0.2) is 0 Å². The number of hydrogen-bond donors (Lipinski definition) is 1. The van der Waals surface area contributed by atoms with E-state index in [4.69, 9.17) is 28.9 Å². The monoisotopic (exact) mass is 308 g/mol. The Morgan fingerprint density at radius 2 is 1.80 bits per heavy atom. The maximum Gasteiger partial charge on any atom is 0.0624 e. The Morgan fingerprint density at radius 1 is 1.10 bits per heavy atom. The number of anilines is 1. The van der Waals surface area contributed by atoms with E-state index in [1.165, 1.54) is 0 Å². The third-order valence-electron chi connectivity index (χ3n) is 3.29. The zero-order valence-electron chi connectivity index (χ0n) is 11.6. The molecule has 106 valence electrons. The average molecular weight is 309 g/mol. The summed E-state index contributed by atoms with van der Waals surface area (Å²) < 4.78 is 0. The van der Waals surface area contributed by atoms with Crippen LogP contribution < -0.4 is 10.6 Å². The average Bonchev–Trinajstić information content (AvgIpc) is 2.44. The number of halogens is 2. The van der Waals surface area contributed by atoms with Crippen LogP contribution in [0.5, 0.6) is 0 Å². The van der Waals surface area contributed by atoms with Crippen LogP contribution in [0.2, 0.25) is 10.0 Å². The van der Waals surface area contributed by atoms with Gasteiger partial charge in [0, 0.05) is 25.8 Å². The fourth-order valence-corrected chi connectivity index (χ4v) is 2.49. The van der Waals surface area contributed by atoms with Crippen molar-refractivity contribution >= 4 is 28.9 Å². The van der Waals surface area contributed by atoms with Crippen molar-refractivity contribution in [1.82, 2.24) is 0 Å². The largest absolute Gasteiger partial charge is 0.378 e. The number of nitrogens with two attached hydrogens (primary N) is 1. The highest BCUT2D eigenvalue weighted by Gasteiger charge is 2.12. The van der Waals surface area contributed by atoms with Gasteiger partial charge in [0.1, 0.15) is 0 Å². The number of hydrogen-bond acceptors (Lipinski definition) is 2. The van der Waals surface area contributed by atoms with Crippen LogP contribution in [0.25, 0.3) is 0 Å². The molecule has 0 amide bonds. The van der Waals surface area contributed by atoms with Crippen molar-refractivity contribution in [1.29, 1.82) is 0 Å². The highest BCUT2D eigenvalue weighted by Crippen LogP contribution is 2.29. The van der Waals surface area contributed by atoms with Gasteiger partial charge in [-0.3, -0.25) is 0 Å². The first kappa shape index (κ1) is 15.2. The fraction of sp³-hybridized carbons (Fsp3) is 0.250. The molecular formula is C16H18Cl2N2. The van der Waals surface area contributed by atoms with Gasteiger partial charge in [-0.25, -0.2) is 0 Å². The molecule has 2 aromatic carbocycles. The molecule has 0 aliphatic carbocycles. The molecular weight excluding hydrogens is 291 g/mol. The zero-order chi connectivity index (χ0) is 14.7. The van der Waals surface area contributed by atoms with Crippen molar-refractivity contribution in [2.24, 2.45) is 5.73 Å². The second-order valence-corrected chi connectivity index (χ2v) is 5.80. The third-order valence-corrected chi connectivity index (χ3v) is 4.14. The Labute approximate surface area is 130 Å².